The second-order valence-electron chi connectivity index (χ2n) is 12.5. The first kappa shape index (κ1) is 26.8. The van der Waals surface area contributed by atoms with E-state index in [4.69, 9.17) is 4.42 Å². The van der Waals surface area contributed by atoms with E-state index in [9.17, 15) is 0 Å². The number of hydrogen-bond acceptors (Lipinski definition) is 2. The van der Waals surface area contributed by atoms with Gasteiger partial charge in [0.15, 0.2) is 0 Å². The summed E-state index contributed by atoms with van der Waals surface area (Å²) in [6, 6.07) is 63.3. The van der Waals surface area contributed by atoms with E-state index in [1.807, 2.05) is 6.07 Å². The van der Waals surface area contributed by atoms with Crippen LogP contribution in [-0.4, -0.2) is 0 Å². The monoisotopic (exact) mass is 611 g/mol. The molecule has 0 fully saturated rings. The third-order valence-electron chi connectivity index (χ3n) is 9.79. The molecule has 0 spiro atoms. The van der Waals surface area contributed by atoms with Gasteiger partial charge in [0.1, 0.15) is 11.2 Å². The normalized spacial score (nSPS) is 11.8. The van der Waals surface area contributed by atoms with Crippen molar-refractivity contribution in [2.45, 2.75) is 0 Å². The highest BCUT2D eigenvalue weighted by molar-refractivity contribution is 6.36. The molecule has 0 aliphatic heterocycles. The fourth-order valence-corrected chi connectivity index (χ4v) is 7.67. The number of para-hydroxylation sites is 1. The maximum Gasteiger partial charge on any atom is 0.136 e. The first-order valence-electron chi connectivity index (χ1n) is 16.4. The second-order valence-corrected chi connectivity index (χ2v) is 12.5. The van der Waals surface area contributed by atoms with Gasteiger partial charge in [-0.1, -0.05) is 127 Å². The number of furan rings is 1. The SMILES string of the molecule is c1ccc(-c2cccc(N(c3ccc4ccccc4c3)c3cccc4c5ccc6oc7ccccc7c6c5c5ccccc5c34)c2)cc1. The van der Waals surface area contributed by atoms with Gasteiger partial charge >= 0.3 is 0 Å². The number of rotatable bonds is 4. The number of fused-ring (bicyclic) bond motifs is 11. The smallest absolute Gasteiger partial charge is 0.136 e. The molecule has 0 saturated heterocycles. The number of benzene rings is 9. The Bertz CT molecular complexity index is 2820. The molecule has 2 heteroatoms. The Kier molecular flexibility index (Phi) is 5.91. The maximum absolute atomic E-state index is 6.37. The molecule has 0 saturated carbocycles. The largest absolute Gasteiger partial charge is 0.456 e. The lowest BCUT2D eigenvalue weighted by molar-refractivity contribution is 0.669. The Morgan fingerprint density at radius 3 is 1.81 bits per heavy atom. The Morgan fingerprint density at radius 2 is 0.958 bits per heavy atom. The van der Waals surface area contributed by atoms with Crippen LogP contribution in [0.15, 0.2) is 180 Å². The van der Waals surface area contributed by atoms with Gasteiger partial charge in [-0.3, -0.25) is 0 Å². The van der Waals surface area contributed by atoms with Gasteiger partial charge in [-0.15, -0.1) is 0 Å². The number of nitrogens with zero attached hydrogens (tertiary/aromatic N) is 1. The van der Waals surface area contributed by atoms with Crippen molar-refractivity contribution in [3.8, 4) is 11.1 Å². The second kappa shape index (κ2) is 10.6. The molecule has 1 heterocycles. The molecule has 0 bridgehead atoms. The summed E-state index contributed by atoms with van der Waals surface area (Å²) in [6.07, 6.45) is 0. The third-order valence-corrected chi connectivity index (χ3v) is 9.79. The predicted molar refractivity (Wildman–Crippen MR) is 204 cm³/mol. The van der Waals surface area contributed by atoms with Crippen LogP contribution in [0.3, 0.4) is 0 Å². The van der Waals surface area contributed by atoms with Crippen LogP contribution >= 0.6 is 0 Å². The minimum atomic E-state index is 0.915. The minimum Gasteiger partial charge on any atom is -0.456 e. The van der Waals surface area contributed by atoms with Crippen LogP contribution < -0.4 is 4.90 Å². The van der Waals surface area contributed by atoms with Crippen LogP contribution in [0.25, 0.3) is 76.2 Å². The van der Waals surface area contributed by atoms with E-state index >= 15 is 0 Å². The average molecular weight is 612 g/mol. The molecule has 0 unspecified atom stereocenters. The van der Waals surface area contributed by atoms with Gasteiger partial charge in [-0.2, -0.15) is 0 Å². The maximum atomic E-state index is 6.37. The third kappa shape index (κ3) is 4.06. The van der Waals surface area contributed by atoms with Crippen LogP contribution in [0, 0.1) is 0 Å². The van der Waals surface area contributed by atoms with Crippen molar-refractivity contribution in [2.75, 3.05) is 4.90 Å². The summed E-state index contributed by atoms with van der Waals surface area (Å²) in [7, 11) is 0. The number of anilines is 3. The van der Waals surface area contributed by atoms with Crippen LogP contribution in [-0.2, 0) is 0 Å². The van der Waals surface area contributed by atoms with Crippen molar-refractivity contribution in [3.05, 3.63) is 176 Å². The van der Waals surface area contributed by atoms with Gasteiger partial charge in [0.05, 0.1) is 5.69 Å². The summed E-state index contributed by atoms with van der Waals surface area (Å²) >= 11 is 0. The fourth-order valence-electron chi connectivity index (χ4n) is 7.67. The Hall–Kier alpha value is -6.38. The van der Waals surface area contributed by atoms with Gasteiger partial charge < -0.3 is 9.32 Å². The molecule has 10 aromatic rings. The van der Waals surface area contributed by atoms with E-state index in [1.165, 1.54) is 59.6 Å². The standard InChI is InChI=1S/C46H29NO/c1-2-12-30(13-3-1)33-16-10-17-34(28-33)47(35-25-24-31-14-4-5-15-32(31)29-35)41-22-11-21-37-39-26-27-43-46(40-20-8-9-23-42(40)48-43)45(39)38-19-7-6-18-36(38)44(37)41/h1-29H. The summed E-state index contributed by atoms with van der Waals surface area (Å²) in [4.78, 5) is 2.44. The Labute approximate surface area is 277 Å². The van der Waals surface area contributed by atoms with Crippen LogP contribution in [0.2, 0.25) is 0 Å². The predicted octanol–water partition coefficient (Wildman–Crippen LogP) is 13.3. The van der Waals surface area contributed by atoms with E-state index in [2.05, 4.69) is 175 Å². The first-order chi connectivity index (χ1) is 23.8. The van der Waals surface area contributed by atoms with Crippen molar-refractivity contribution in [3.63, 3.8) is 0 Å². The van der Waals surface area contributed by atoms with Crippen molar-refractivity contribution in [1.82, 2.24) is 0 Å². The molecule has 10 rings (SSSR count). The molecule has 9 aromatic carbocycles. The molecular weight excluding hydrogens is 583 g/mol. The summed E-state index contributed by atoms with van der Waals surface area (Å²) in [5.74, 6) is 0. The van der Waals surface area contributed by atoms with E-state index in [0.29, 0.717) is 0 Å². The zero-order valence-corrected chi connectivity index (χ0v) is 26.1. The molecule has 0 aliphatic rings. The molecule has 2 nitrogen and oxygen atoms in total. The van der Waals surface area contributed by atoms with Crippen LogP contribution in [0.1, 0.15) is 0 Å². The molecule has 0 aliphatic carbocycles. The van der Waals surface area contributed by atoms with E-state index < -0.39 is 0 Å². The van der Waals surface area contributed by atoms with Crippen molar-refractivity contribution >= 4 is 82.1 Å². The average Bonchev–Trinajstić information content (AvgIpc) is 3.54. The molecule has 48 heavy (non-hydrogen) atoms. The van der Waals surface area contributed by atoms with Crippen LogP contribution in [0.5, 0.6) is 0 Å². The highest BCUT2D eigenvalue weighted by Gasteiger charge is 2.21. The summed E-state index contributed by atoms with van der Waals surface area (Å²) in [5, 5.41) is 12.1. The van der Waals surface area contributed by atoms with Crippen molar-refractivity contribution < 1.29 is 4.42 Å². The molecule has 224 valence electrons. The molecule has 0 N–H and O–H groups in total. The van der Waals surface area contributed by atoms with Gasteiger partial charge in [0, 0.05) is 32.9 Å². The van der Waals surface area contributed by atoms with Crippen molar-refractivity contribution in [2.24, 2.45) is 0 Å². The lowest BCUT2D eigenvalue weighted by Gasteiger charge is -2.28. The highest BCUT2D eigenvalue weighted by atomic mass is 16.3. The van der Waals surface area contributed by atoms with E-state index in [0.717, 1.165) is 33.6 Å². The molecule has 1 aromatic heterocycles. The lowest BCUT2D eigenvalue weighted by Crippen LogP contribution is -2.11. The molecular formula is C46H29NO. The van der Waals surface area contributed by atoms with Crippen molar-refractivity contribution in [1.29, 1.82) is 0 Å². The first-order valence-corrected chi connectivity index (χ1v) is 16.4. The molecule has 0 amide bonds. The Morgan fingerprint density at radius 1 is 0.333 bits per heavy atom. The minimum absolute atomic E-state index is 0.915. The van der Waals surface area contributed by atoms with Gasteiger partial charge in [-0.25, -0.2) is 0 Å². The summed E-state index contributed by atoms with van der Waals surface area (Å²) in [5.41, 5.74) is 7.58. The lowest BCUT2D eigenvalue weighted by atomic mass is 9.90. The highest BCUT2D eigenvalue weighted by Crippen LogP contribution is 2.48. The quantitative estimate of drug-likeness (QED) is 0.184. The topological polar surface area (TPSA) is 16.4 Å². The van der Waals surface area contributed by atoms with Gasteiger partial charge in [0.25, 0.3) is 0 Å². The van der Waals surface area contributed by atoms with Gasteiger partial charge in [0.2, 0.25) is 0 Å². The van der Waals surface area contributed by atoms with Crippen LogP contribution in [0.4, 0.5) is 17.1 Å². The number of hydrogen-bond donors (Lipinski definition) is 0. The van der Waals surface area contributed by atoms with E-state index in [-0.39, 0.29) is 0 Å². The summed E-state index contributed by atoms with van der Waals surface area (Å²) < 4.78 is 6.37. The summed E-state index contributed by atoms with van der Waals surface area (Å²) in [6.45, 7) is 0. The molecule has 0 radical (unpaired) electrons. The zero-order valence-electron chi connectivity index (χ0n) is 26.1. The fraction of sp³-hybridized carbons (Fsp3) is 0. The van der Waals surface area contributed by atoms with E-state index in [1.54, 1.807) is 0 Å². The Balaban J connectivity index is 1.33. The van der Waals surface area contributed by atoms with Gasteiger partial charge in [-0.05, 0) is 92.0 Å². The molecule has 0 atom stereocenters. The zero-order chi connectivity index (χ0) is 31.6.